The van der Waals surface area contributed by atoms with Gasteiger partial charge in [0.15, 0.2) is 0 Å². The molecule has 0 unspecified atom stereocenters. The zero-order chi connectivity index (χ0) is 19.4. The first kappa shape index (κ1) is 17.8. The lowest BCUT2D eigenvalue weighted by Gasteiger charge is -2.29. The van der Waals surface area contributed by atoms with Crippen LogP contribution in [0.5, 0.6) is 5.75 Å². The molecule has 5 rings (SSSR count). The highest BCUT2D eigenvalue weighted by molar-refractivity contribution is 9.10. The van der Waals surface area contributed by atoms with E-state index in [1.54, 1.807) is 25.3 Å². The van der Waals surface area contributed by atoms with E-state index in [2.05, 4.69) is 25.9 Å². The summed E-state index contributed by atoms with van der Waals surface area (Å²) in [6.45, 7) is 1.67. The molecule has 6 nitrogen and oxygen atoms in total. The normalized spacial score (nSPS) is 27.4. The minimum atomic E-state index is -0.435. The number of hydrogen-bond acceptors (Lipinski definition) is 5. The Bertz CT molecular complexity index is 948. The molecule has 2 aromatic carbocycles. The van der Waals surface area contributed by atoms with Crippen molar-refractivity contribution in [1.82, 2.24) is 10.0 Å². The molecule has 0 spiro atoms. The molecule has 3 fully saturated rings. The molecule has 3 aliphatic rings. The number of anilines is 1. The van der Waals surface area contributed by atoms with Gasteiger partial charge in [-0.25, -0.2) is 14.9 Å². The van der Waals surface area contributed by atoms with Crippen molar-refractivity contribution >= 4 is 33.4 Å². The minimum Gasteiger partial charge on any atom is -0.497 e. The number of halogens is 1. The van der Waals surface area contributed by atoms with Crippen molar-refractivity contribution in [3.05, 3.63) is 58.6 Å². The maximum atomic E-state index is 13.5. The monoisotopic (exact) mass is 441 g/mol. The van der Waals surface area contributed by atoms with Gasteiger partial charge in [0.05, 0.1) is 24.8 Å². The van der Waals surface area contributed by atoms with Gasteiger partial charge in [-0.2, -0.15) is 0 Å². The van der Waals surface area contributed by atoms with Crippen LogP contribution in [0.25, 0.3) is 0 Å². The number of hydrogen-bond donors (Lipinski definition) is 0. The van der Waals surface area contributed by atoms with Crippen LogP contribution in [0.3, 0.4) is 0 Å². The first-order valence-electron chi connectivity index (χ1n) is 9.40. The fraction of sp³-hybridized carbons (Fsp3) is 0.333. The van der Waals surface area contributed by atoms with E-state index in [0.717, 1.165) is 29.5 Å². The Kier molecular flexibility index (Phi) is 4.26. The molecule has 3 aliphatic heterocycles. The highest BCUT2D eigenvalue weighted by Gasteiger charge is 2.62. The van der Waals surface area contributed by atoms with Crippen LogP contribution in [0.1, 0.15) is 18.0 Å². The zero-order valence-corrected chi connectivity index (χ0v) is 17.0. The predicted octanol–water partition coefficient (Wildman–Crippen LogP) is 2.99. The summed E-state index contributed by atoms with van der Waals surface area (Å²) in [7, 11) is 1.58. The smallest absolute Gasteiger partial charge is 0.253 e. The lowest BCUT2D eigenvalue weighted by molar-refractivity contribution is -0.126. The molecule has 0 radical (unpaired) electrons. The number of imide groups is 1. The minimum absolute atomic E-state index is 0.118. The molecule has 0 aromatic heterocycles. The van der Waals surface area contributed by atoms with Gasteiger partial charge in [-0.05, 0) is 36.2 Å². The fourth-order valence-corrected chi connectivity index (χ4v) is 5.04. The van der Waals surface area contributed by atoms with Crippen molar-refractivity contribution in [2.75, 3.05) is 25.1 Å². The number of nitrogens with zero attached hydrogens (tertiary/aromatic N) is 3. The molecule has 3 heterocycles. The average molecular weight is 442 g/mol. The number of fused-ring (bicyclic) bond motifs is 3. The molecular weight excluding hydrogens is 422 g/mol. The van der Waals surface area contributed by atoms with Gasteiger partial charge >= 0.3 is 0 Å². The van der Waals surface area contributed by atoms with Gasteiger partial charge < -0.3 is 4.74 Å². The lowest BCUT2D eigenvalue weighted by Crippen LogP contribution is -2.44. The molecule has 2 aromatic rings. The summed E-state index contributed by atoms with van der Waals surface area (Å²) in [6.07, 6.45) is 0.997. The first-order valence-corrected chi connectivity index (χ1v) is 10.2. The van der Waals surface area contributed by atoms with E-state index in [0.29, 0.717) is 11.4 Å². The molecule has 3 saturated heterocycles. The summed E-state index contributed by atoms with van der Waals surface area (Å²) in [6, 6.07) is 14.7. The van der Waals surface area contributed by atoms with E-state index in [1.807, 2.05) is 30.3 Å². The average Bonchev–Trinajstić information content (AvgIpc) is 3.35. The Labute approximate surface area is 171 Å². The Morgan fingerprint density at radius 2 is 1.68 bits per heavy atom. The van der Waals surface area contributed by atoms with Crippen molar-refractivity contribution in [3.63, 3.8) is 0 Å². The van der Waals surface area contributed by atoms with Crippen LogP contribution >= 0.6 is 15.9 Å². The number of ether oxygens (including phenoxy) is 1. The van der Waals surface area contributed by atoms with E-state index in [4.69, 9.17) is 4.74 Å². The van der Waals surface area contributed by atoms with Crippen LogP contribution in [0.2, 0.25) is 0 Å². The fourth-order valence-electron chi connectivity index (χ4n) is 4.78. The topological polar surface area (TPSA) is 53.1 Å². The molecule has 0 bridgehead atoms. The first-order chi connectivity index (χ1) is 13.6. The van der Waals surface area contributed by atoms with Gasteiger partial charge in [0.25, 0.3) is 5.91 Å². The summed E-state index contributed by atoms with van der Waals surface area (Å²) < 4.78 is 6.27. The number of hydrazine groups is 1. The number of amides is 2. The van der Waals surface area contributed by atoms with Crippen molar-refractivity contribution in [2.24, 2.45) is 5.92 Å². The maximum Gasteiger partial charge on any atom is 0.253 e. The Morgan fingerprint density at radius 3 is 2.39 bits per heavy atom. The molecule has 0 N–H and O–H groups in total. The highest BCUT2D eigenvalue weighted by atomic mass is 79.9. The Morgan fingerprint density at radius 1 is 0.964 bits per heavy atom. The highest BCUT2D eigenvalue weighted by Crippen LogP contribution is 2.49. The summed E-state index contributed by atoms with van der Waals surface area (Å²) in [5.41, 5.74) is 1.64. The molecule has 3 atom stereocenters. The number of carbonyl (C=O) groups is 2. The van der Waals surface area contributed by atoms with Gasteiger partial charge in [0.2, 0.25) is 5.91 Å². The van der Waals surface area contributed by atoms with Gasteiger partial charge in [-0.1, -0.05) is 34.1 Å². The summed E-state index contributed by atoms with van der Waals surface area (Å²) in [5.74, 6) is -0.0528. The second-order valence-corrected chi connectivity index (χ2v) is 8.28. The van der Waals surface area contributed by atoms with Gasteiger partial charge in [-0.15, -0.1) is 0 Å². The molecular formula is C21H20BrN3O3. The molecule has 2 amide bonds. The van der Waals surface area contributed by atoms with Crippen molar-refractivity contribution in [3.8, 4) is 5.75 Å². The van der Waals surface area contributed by atoms with E-state index >= 15 is 0 Å². The van der Waals surface area contributed by atoms with Crippen LogP contribution in [-0.2, 0) is 9.59 Å². The number of carbonyl (C=O) groups excluding carboxylic acids is 2. The van der Waals surface area contributed by atoms with E-state index in [1.165, 1.54) is 4.90 Å². The molecule has 28 heavy (non-hydrogen) atoms. The predicted molar refractivity (Wildman–Crippen MR) is 108 cm³/mol. The van der Waals surface area contributed by atoms with Crippen LogP contribution in [0, 0.1) is 5.92 Å². The number of rotatable bonds is 3. The van der Waals surface area contributed by atoms with Crippen molar-refractivity contribution in [2.45, 2.75) is 18.5 Å². The summed E-state index contributed by atoms with van der Waals surface area (Å²) in [4.78, 5) is 28.2. The quantitative estimate of drug-likeness (QED) is 0.685. The summed E-state index contributed by atoms with van der Waals surface area (Å²) in [5, 5.41) is 4.33. The van der Waals surface area contributed by atoms with Crippen LogP contribution < -0.4 is 9.64 Å². The standard InChI is InChI=1S/C21H20BrN3O3/c1-28-16-5-2-4-15(12-16)25-20(26)17-18(13-6-8-14(22)9-7-13)23-10-3-11-24(23)19(17)21(25)27/h2,4-9,12,17-19H,3,10-11H2,1H3/t17-,18+,19+/m0/s1. The number of methoxy groups -OCH3 is 1. The number of benzene rings is 2. The third kappa shape index (κ3) is 2.53. The van der Waals surface area contributed by atoms with Crippen molar-refractivity contribution in [1.29, 1.82) is 0 Å². The van der Waals surface area contributed by atoms with E-state index in [-0.39, 0.29) is 17.9 Å². The van der Waals surface area contributed by atoms with Gasteiger partial charge in [0, 0.05) is 23.6 Å². The zero-order valence-electron chi connectivity index (χ0n) is 15.4. The second-order valence-electron chi connectivity index (χ2n) is 7.36. The Hall–Kier alpha value is -2.22. The largest absolute Gasteiger partial charge is 0.497 e. The molecule has 144 valence electrons. The maximum absolute atomic E-state index is 13.5. The third-order valence-corrected chi connectivity index (χ3v) is 6.46. The SMILES string of the molecule is COc1cccc(N2C(=O)[C@H]3[C@@H](c4ccc(Br)cc4)N4CCCN4[C@H]3C2=O)c1. The molecule has 7 heteroatoms. The van der Waals surface area contributed by atoms with E-state index < -0.39 is 12.0 Å². The van der Waals surface area contributed by atoms with Gasteiger partial charge in [0.1, 0.15) is 11.8 Å². The van der Waals surface area contributed by atoms with Crippen molar-refractivity contribution < 1.29 is 14.3 Å². The van der Waals surface area contributed by atoms with Gasteiger partial charge in [-0.3, -0.25) is 9.59 Å². The Balaban J connectivity index is 1.57. The third-order valence-electron chi connectivity index (χ3n) is 5.93. The van der Waals surface area contributed by atoms with Crippen LogP contribution in [-0.4, -0.2) is 48.1 Å². The van der Waals surface area contributed by atoms with E-state index in [9.17, 15) is 9.59 Å². The molecule has 0 aliphatic carbocycles. The lowest BCUT2D eigenvalue weighted by atomic mass is 9.90. The second kappa shape index (κ2) is 6.69. The van der Waals surface area contributed by atoms with Crippen LogP contribution in [0.4, 0.5) is 5.69 Å². The molecule has 0 saturated carbocycles. The summed E-state index contributed by atoms with van der Waals surface area (Å²) >= 11 is 3.48. The van der Waals surface area contributed by atoms with Crippen LogP contribution in [0.15, 0.2) is 53.0 Å².